The van der Waals surface area contributed by atoms with Gasteiger partial charge in [-0.05, 0) is 50.4 Å². The Morgan fingerprint density at radius 1 is 1.03 bits per heavy atom. The molecular weight excluding hydrogens is 372 g/mol. The van der Waals surface area contributed by atoms with Gasteiger partial charge >= 0.3 is 5.97 Å². The molecule has 0 spiro atoms. The zero-order valence-corrected chi connectivity index (χ0v) is 16.6. The number of piperazine rings is 1. The van der Waals surface area contributed by atoms with Crippen LogP contribution in [0.5, 0.6) is 0 Å². The molecule has 8 heteroatoms. The van der Waals surface area contributed by atoms with E-state index in [0.29, 0.717) is 36.5 Å². The normalized spacial score (nSPS) is 14.3. The number of pyridine rings is 1. The highest BCUT2D eigenvalue weighted by Crippen LogP contribution is 2.14. The number of rotatable bonds is 5. The maximum absolute atomic E-state index is 12.7. The van der Waals surface area contributed by atoms with Gasteiger partial charge in [0, 0.05) is 43.6 Å². The maximum Gasteiger partial charge on any atom is 0.338 e. The number of carbonyl (C=O) groups excluding carboxylic acids is 3. The van der Waals surface area contributed by atoms with Crippen molar-refractivity contribution in [3.05, 3.63) is 59.4 Å². The Bertz CT molecular complexity index is 890. The van der Waals surface area contributed by atoms with E-state index in [1.165, 1.54) is 12.3 Å². The second-order valence-electron chi connectivity index (χ2n) is 6.78. The minimum Gasteiger partial charge on any atom is -0.462 e. The van der Waals surface area contributed by atoms with Gasteiger partial charge in [-0.3, -0.25) is 14.6 Å². The van der Waals surface area contributed by atoms with Crippen LogP contribution in [0.3, 0.4) is 0 Å². The van der Waals surface area contributed by atoms with Crippen LogP contribution in [-0.2, 0) is 4.74 Å². The molecule has 1 aromatic heterocycles. The van der Waals surface area contributed by atoms with Crippen molar-refractivity contribution < 1.29 is 19.1 Å². The van der Waals surface area contributed by atoms with Crippen LogP contribution in [-0.4, -0.2) is 72.4 Å². The summed E-state index contributed by atoms with van der Waals surface area (Å²) in [6.45, 7) is 4.94. The van der Waals surface area contributed by atoms with Crippen molar-refractivity contribution in [3.8, 4) is 0 Å². The second-order valence-corrected chi connectivity index (χ2v) is 6.78. The largest absolute Gasteiger partial charge is 0.462 e. The highest BCUT2D eigenvalue weighted by Gasteiger charge is 2.22. The molecule has 0 radical (unpaired) electrons. The summed E-state index contributed by atoms with van der Waals surface area (Å²) in [5.41, 5.74) is 1.53. The Morgan fingerprint density at radius 3 is 2.38 bits per heavy atom. The van der Waals surface area contributed by atoms with Crippen molar-refractivity contribution in [2.24, 2.45) is 0 Å². The molecular formula is C21H24N4O4. The summed E-state index contributed by atoms with van der Waals surface area (Å²) < 4.78 is 4.94. The number of nitrogens with one attached hydrogen (secondary N) is 1. The summed E-state index contributed by atoms with van der Waals surface area (Å²) in [5, 5.41) is 2.76. The summed E-state index contributed by atoms with van der Waals surface area (Å²) in [7, 11) is 2.02. The first-order valence-corrected chi connectivity index (χ1v) is 9.50. The molecule has 1 saturated heterocycles. The molecule has 2 amide bonds. The molecule has 0 aliphatic carbocycles. The van der Waals surface area contributed by atoms with Crippen LogP contribution in [0.25, 0.3) is 0 Å². The highest BCUT2D eigenvalue weighted by molar-refractivity contribution is 6.05. The van der Waals surface area contributed by atoms with Crippen LogP contribution >= 0.6 is 0 Å². The number of aromatic nitrogens is 1. The third kappa shape index (κ3) is 5.17. The Morgan fingerprint density at radius 2 is 1.72 bits per heavy atom. The fraction of sp³-hybridized carbons (Fsp3) is 0.333. The predicted octanol–water partition coefficient (Wildman–Crippen LogP) is 1.90. The Labute approximate surface area is 169 Å². The lowest BCUT2D eigenvalue weighted by Gasteiger charge is -2.32. The van der Waals surface area contributed by atoms with Gasteiger partial charge in [-0.2, -0.15) is 0 Å². The van der Waals surface area contributed by atoms with E-state index in [2.05, 4.69) is 15.2 Å². The number of likely N-dealkylation sites (N-methyl/N-ethyl adjacent to an activating group) is 1. The molecule has 0 unspecified atom stereocenters. The second kappa shape index (κ2) is 9.29. The first-order valence-electron chi connectivity index (χ1n) is 9.50. The van der Waals surface area contributed by atoms with E-state index in [0.717, 1.165) is 13.1 Å². The lowest BCUT2D eigenvalue weighted by atomic mass is 10.1. The molecule has 152 valence electrons. The van der Waals surface area contributed by atoms with Crippen molar-refractivity contribution in [3.63, 3.8) is 0 Å². The monoisotopic (exact) mass is 396 g/mol. The summed E-state index contributed by atoms with van der Waals surface area (Å²) >= 11 is 0. The maximum atomic E-state index is 12.7. The molecule has 3 rings (SSSR count). The Kier molecular flexibility index (Phi) is 6.56. The quantitative estimate of drug-likeness (QED) is 0.776. The van der Waals surface area contributed by atoms with Crippen LogP contribution in [0.4, 0.5) is 5.69 Å². The predicted molar refractivity (Wildman–Crippen MR) is 108 cm³/mol. The number of carbonyl (C=O) groups is 3. The fourth-order valence-corrected chi connectivity index (χ4v) is 2.97. The van der Waals surface area contributed by atoms with E-state index in [1.54, 1.807) is 42.2 Å². The van der Waals surface area contributed by atoms with E-state index in [1.807, 2.05) is 7.05 Å². The van der Waals surface area contributed by atoms with Gasteiger partial charge in [-0.25, -0.2) is 4.79 Å². The number of esters is 1. The van der Waals surface area contributed by atoms with Gasteiger partial charge in [0.1, 0.15) is 5.69 Å². The number of ether oxygens (including phenoxy) is 1. The van der Waals surface area contributed by atoms with Crippen molar-refractivity contribution in [2.75, 3.05) is 45.2 Å². The van der Waals surface area contributed by atoms with Gasteiger partial charge in [0.2, 0.25) is 0 Å². The van der Waals surface area contributed by atoms with E-state index in [4.69, 9.17) is 4.74 Å². The van der Waals surface area contributed by atoms with E-state index >= 15 is 0 Å². The van der Waals surface area contributed by atoms with Gasteiger partial charge in [0.25, 0.3) is 11.8 Å². The fourth-order valence-electron chi connectivity index (χ4n) is 2.97. The summed E-state index contributed by atoms with van der Waals surface area (Å²) in [6.07, 6.45) is 1.46. The third-order valence-electron chi connectivity index (χ3n) is 4.69. The number of anilines is 1. The van der Waals surface area contributed by atoms with Crippen molar-refractivity contribution in [1.29, 1.82) is 0 Å². The smallest absolute Gasteiger partial charge is 0.338 e. The summed E-state index contributed by atoms with van der Waals surface area (Å²) in [5.74, 6) is -0.943. The topological polar surface area (TPSA) is 91.8 Å². The zero-order chi connectivity index (χ0) is 20.8. The minimum absolute atomic E-state index is 0.175. The molecule has 0 saturated carbocycles. The number of hydrogen-bond acceptors (Lipinski definition) is 6. The summed E-state index contributed by atoms with van der Waals surface area (Å²) in [6, 6.07) is 9.49. The van der Waals surface area contributed by atoms with E-state index in [-0.39, 0.29) is 17.5 Å². The summed E-state index contributed by atoms with van der Waals surface area (Å²) in [4.78, 5) is 45.0. The standard InChI is InChI=1S/C21H24N4O4/c1-3-29-21(28)15-4-6-17(7-5-15)23-19(26)16-8-9-22-18(14-16)20(27)25-12-10-24(2)11-13-25/h4-9,14H,3,10-13H2,1-2H3,(H,23,26). The van der Waals surface area contributed by atoms with Gasteiger partial charge < -0.3 is 19.9 Å². The van der Waals surface area contributed by atoms with Gasteiger partial charge in [0.05, 0.1) is 12.2 Å². The highest BCUT2D eigenvalue weighted by atomic mass is 16.5. The average molecular weight is 396 g/mol. The van der Waals surface area contributed by atoms with Crippen molar-refractivity contribution >= 4 is 23.5 Å². The molecule has 1 aliphatic rings. The van der Waals surface area contributed by atoms with Crippen molar-refractivity contribution in [1.82, 2.24) is 14.8 Å². The third-order valence-corrected chi connectivity index (χ3v) is 4.69. The number of nitrogens with zero attached hydrogens (tertiary/aromatic N) is 3. The molecule has 1 aliphatic heterocycles. The van der Waals surface area contributed by atoms with Crippen LogP contribution in [0, 0.1) is 0 Å². The lowest BCUT2D eigenvalue weighted by molar-refractivity contribution is 0.0526. The Balaban J connectivity index is 1.66. The van der Waals surface area contributed by atoms with Gasteiger partial charge in [-0.1, -0.05) is 0 Å². The number of hydrogen-bond donors (Lipinski definition) is 1. The average Bonchev–Trinajstić information content (AvgIpc) is 2.74. The molecule has 29 heavy (non-hydrogen) atoms. The number of benzene rings is 1. The van der Waals surface area contributed by atoms with Crippen LogP contribution < -0.4 is 5.32 Å². The first-order chi connectivity index (χ1) is 14.0. The molecule has 2 aromatic rings. The minimum atomic E-state index is -0.411. The van der Waals surface area contributed by atoms with Crippen LogP contribution in [0.2, 0.25) is 0 Å². The van der Waals surface area contributed by atoms with E-state index in [9.17, 15) is 14.4 Å². The SMILES string of the molecule is CCOC(=O)c1ccc(NC(=O)c2ccnc(C(=O)N3CCN(C)CC3)c2)cc1. The first kappa shape index (κ1) is 20.5. The van der Waals surface area contributed by atoms with Crippen molar-refractivity contribution in [2.45, 2.75) is 6.92 Å². The van der Waals surface area contributed by atoms with Gasteiger partial charge in [-0.15, -0.1) is 0 Å². The molecule has 8 nitrogen and oxygen atoms in total. The zero-order valence-electron chi connectivity index (χ0n) is 16.6. The molecule has 2 heterocycles. The van der Waals surface area contributed by atoms with E-state index < -0.39 is 5.97 Å². The molecule has 1 aromatic carbocycles. The molecule has 1 N–H and O–H groups in total. The molecule has 0 bridgehead atoms. The van der Waals surface area contributed by atoms with Gasteiger partial charge in [0.15, 0.2) is 0 Å². The van der Waals surface area contributed by atoms with Crippen LogP contribution in [0.15, 0.2) is 42.6 Å². The lowest BCUT2D eigenvalue weighted by Crippen LogP contribution is -2.47. The number of amides is 2. The molecule has 0 atom stereocenters. The molecule has 1 fully saturated rings. The van der Waals surface area contributed by atoms with Crippen LogP contribution in [0.1, 0.15) is 38.1 Å². The Hall–Kier alpha value is -3.26.